The second-order valence-corrected chi connectivity index (χ2v) is 6.30. The van der Waals surface area contributed by atoms with Gasteiger partial charge in [0.2, 0.25) is 23.6 Å². The molecule has 1 atom stereocenters. The molecule has 0 aromatic heterocycles. The fourth-order valence-electron chi connectivity index (χ4n) is 2.23. The zero-order valence-electron chi connectivity index (χ0n) is 16.7. The number of amides is 4. The minimum atomic E-state index is -0.962. The molecule has 164 valence electrons. The maximum Gasteiger partial charge on any atom is 0.243 e. The lowest BCUT2D eigenvalue weighted by Crippen LogP contribution is -2.52. The van der Waals surface area contributed by atoms with Gasteiger partial charge in [-0.15, -0.1) is 0 Å². The number of carbonyl (C=O) groups is 5. The standard InChI is InChI=1S/C19H27N5O6/c1-13(25)11-30-12-23-17(27)9-22-19(29)15(7-14-5-3-2-4-6-14)24-18(28)10-21-16(26)8-20/h2-6,15H,7-12,20H2,1H3,(H,21,26)(H,22,29)(H,23,27)(H,24,28)/t15-/m0/s1. The van der Waals surface area contributed by atoms with Crippen LogP contribution in [0.2, 0.25) is 0 Å². The number of Topliss-reactive ketones (excluding diaryl/α,β-unsaturated/α-hetero) is 1. The maximum absolute atomic E-state index is 12.5. The average Bonchev–Trinajstić information content (AvgIpc) is 2.73. The molecular formula is C19H27N5O6. The summed E-state index contributed by atoms with van der Waals surface area (Å²) in [5.74, 6) is -2.35. The number of nitrogens with two attached hydrogens (primary N) is 1. The van der Waals surface area contributed by atoms with E-state index in [9.17, 15) is 24.0 Å². The van der Waals surface area contributed by atoms with Gasteiger partial charge in [-0.3, -0.25) is 24.0 Å². The molecule has 0 spiro atoms. The van der Waals surface area contributed by atoms with Crippen LogP contribution in [0.25, 0.3) is 0 Å². The Morgan fingerprint density at radius 3 is 2.23 bits per heavy atom. The van der Waals surface area contributed by atoms with Crippen LogP contribution in [0.5, 0.6) is 0 Å². The van der Waals surface area contributed by atoms with Crippen molar-refractivity contribution in [2.45, 2.75) is 19.4 Å². The first-order chi connectivity index (χ1) is 14.3. The van der Waals surface area contributed by atoms with Crippen molar-refractivity contribution in [1.29, 1.82) is 0 Å². The van der Waals surface area contributed by atoms with E-state index in [1.807, 2.05) is 6.07 Å². The quantitative estimate of drug-likeness (QED) is 0.174. The van der Waals surface area contributed by atoms with Crippen LogP contribution in [0.1, 0.15) is 12.5 Å². The van der Waals surface area contributed by atoms with Crippen LogP contribution in [0.15, 0.2) is 30.3 Å². The summed E-state index contributed by atoms with van der Waals surface area (Å²) in [6.45, 7) is 0.130. The molecule has 0 heterocycles. The summed E-state index contributed by atoms with van der Waals surface area (Å²) >= 11 is 0. The van der Waals surface area contributed by atoms with Crippen molar-refractivity contribution in [3.8, 4) is 0 Å². The van der Waals surface area contributed by atoms with Crippen LogP contribution in [0.3, 0.4) is 0 Å². The van der Waals surface area contributed by atoms with E-state index in [-0.39, 0.29) is 45.2 Å². The summed E-state index contributed by atoms with van der Waals surface area (Å²) in [5, 5.41) is 9.68. The Kier molecular flexibility index (Phi) is 11.4. The summed E-state index contributed by atoms with van der Waals surface area (Å²) in [6.07, 6.45) is 0.187. The lowest BCUT2D eigenvalue weighted by Gasteiger charge is -2.19. The van der Waals surface area contributed by atoms with E-state index in [1.165, 1.54) is 6.92 Å². The Morgan fingerprint density at radius 2 is 1.60 bits per heavy atom. The molecule has 0 aliphatic carbocycles. The second kappa shape index (κ2) is 13.8. The van der Waals surface area contributed by atoms with Gasteiger partial charge in [-0.1, -0.05) is 30.3 Å². The Hall–Kier alpha value is -3.31. The highest BCUT2D eigenvalue weighted by molar-refractivity contribution is 5.92. The molecule has 30 heavy (non-hydrogen) atoms. The van der Waals surface area contributed by atoms with E-state index in [4.69, 9.17) is 10.5 Å². The van der Waals surface area contributed by atoms with Crippen molar-refractivity contribution < 1.29 is 28.7 Å². The molecule has 11 heteroatoms. The third kappa shape index (κ3) is 10.9. The number of nitrogens with one attached hydrogen (secondary N) is 4. The predicted octanol–water partition coefficient (Wildman–Crippen LogP) is -2.42. The molecule has 0 saturated carbocycles. The molecule has 0 saturated heterocycles. The minimum Gasteiger partial charge on any atom is -0.354 e. The zero-order chi connectivity index (χ0) is 22.4. The predicted molar refractivity (Wildman–Crippen MR) is 107 cm³/mol. The molecule has 0 radical (unpaired) electrons. The van der Waals surface area contributed by atoms with Gasteiger partial charge >= 0.3 is 0 Å². The average molecular weight is 421 g/mol. The molecular weight excluding hydrogens is 394 g/mol. The first kappa shape index (κ1) is 24.7. The molecule has 11 nitrogen and oxygen atoms in total. The highest BCUT2D eigenvalue weighted by Crippen LogP contribution is 2.03. The van der Waals surface area contributed by atoms with Crippen LogP contribution >= 0.6 is 0 Å². The number of rotatable bonds is 13. The first-order valence-corrected chi connectivity index (χ1v) is 9.23. The van der Waals surface area contributed by atoms with Gasteiger partial charge in [-0.2, -0.15) is 0 Å². The number of benzene rings is 1. The molecule has 6 N–H and O–H groups in total. The monoisotopic (exact) mass is 421 g/mol. The van der Waals surface area contributed by atoms with Gasteiger partial charge in [-0.25, -0.2) is 0 Å². The molecule has 0 aliphatic heterocycles. The van der Waals surface area contributed by atoms with Gasteiger partial charge in [0.25, 0.3) is 0 Å². The van der Waals surface area contributed by atoms with Gasteiger partial charge in [0.1, 0.15) is 19.4 Å². The largest absolute Gasteiger partial charge is 0.354 e. The van der Waals surface area contributed by atoms with Gasteiger partial charge < -0.3 is 31.7 Å². The van der Waals surface area contributed by atoms with Crippen molar-refractivity contribution in [2.75, 3.05) is 33.0 Å². The van der Waals surface area contributed by atoms with Crippen molar-refractivity contribution >= 4 is 29.4 Å². The highest BCUT2D eigenvalue weighted by Gasteiger charge is 2.22. The molecule has 4 amide bonds. The number of ketones is 1. The number of carbonyl (C=O) groups excluding carboxylic acids is 5. The zero-order valence-corrected chi connectivity index (χ0v) is 16.7. The Bertz CT molecular complexity index is 740. The van der Waals surface area contributed by atoms with Crippen LogP contribution in [0, 0.1) is 0 Å². The van der Waals surface area contributed by atoms with E-state index in [2.05, 4.69) is 21.3 Å². The van der Waals surface area contributed by atoms with Crippen molar-refractivity contribution in [1.82, 2.24) is 21.3 Å². The topological polar surface area (TPSA) is 169 Å². The van der Waals surface area contributed by atoms with Crippen molar-refractivity contribution in [3.63, 3.8) is 0 Å². The molecule has 1 aromatic rings. The van der Waals surface area contributed by atoms with Crippen LogP contribution < -0.4 is 27.0 Å². The number of hydrogen-bond acceptors (Lipinski definition) is 7. The Morgan fingerprint density at radius 1 is 0.933 bits per heavy atom. The fourth-order valence-corrected chi connectivity index (χ4v) is 2.23. The fraction of sp³-hybridized carbons (Fsp3) is 0.421. The minimum absolute atomic E-state index is 0.126. The second-order valence-electron chi connectivity index (χ2n) is 6.30. The van der Waals surface area contributed by atoms with Gasteiger partial charge in [0.15, 0.2) is 5.78 Å². The van der Waals surface area contributed by atoms with Crippen LogP contribution in [-0.2, 0) is 35.1 Å². The van der Waals surface area contributed by atoms with Crippen molar-refractivity contribution in [3.05, 3.63) is 35.9 Å². The summed E-state index contributed by atoms with van der Waals surface area (Å²) in [5.41, 5.74) is 5.96. The molecule has 0 fully saturated rings. The summed E-state index contributed by atoms with van der Waals surface area (Å²) < 4.78 is 4.91. The number of hydrogen-bond donors (Lipinski definition) is 5. The number of ether oxygens (including phenoxy) is 1. The maximum atomic E-state index is 12.5. The van der Waals surface area contributed by atoms with Crippen LogP contribution in [0.4, 0.5) is 0 Å². The third-order valence-corrected chi connectivity index (χ3v) is 3.67. The van der Waals surface area contributed by atoms with Gasteiger partial charge in [-0.05, 0) is 12.5 Å². The highest BCUT2D eigenvalue weighted by atomic mass is 16.5. The van der Waals surface area contributed by atoms with Crippen molar-refractivity contribution in [2.24, 2.45) is 5.73 Å². The molecule has 1 rings (SSSR count). The lowest BCUT2D eigenvalue weighted by atomic mass is 10.1. The van der Waals surface area contributed by atoms with E-state index < -0.39 is 29.7 Å². The summed E-state index contributed by atoms with van der Waals surface area (Å²) in [4.78, 5) is 58.3. The normalized spacial score (nSPS) is 11.1. The van der Waals surface area contributed by atoms with E-state index in [0.29, 0.717) is 0 Å². The van der Waals surface area contributed by atoms with Crippen LogP contribution in [-0.4, -0.2) is 68.4 Å². The molecule has 0 bridgehead atoms. The SMILES string of the molecule is CC(=O)COCNC(=O)CNC(=O)[C@H](Cc1ccccc1)NC(=O)CNC(=O)CN. The first-order valence-electron chi connectivity index (χ1n) is 9.23. The van der Waals surface area contributed by atoms with E-state index in [0.717, 1.165) is 5.56 Å². The third-order valence-electron chi connectivity index (χ3n) is 3.67. The Labute approximate surface area is 174 Å². The van der Waals surface area contributed by atoms with E-state index in [1.54, 1.807) is 24.3 Å². The molecule has 1 aromatic carbocycles. The van der Waals surface area contributed by atoms with Gasteiger partial charge in [0.05, 0.1) is 19.6 Å². The van der Waals surface area contributed by atoms with E-state index >= 15 is 0 Å². The summed E-state index contributed by atoms with van der Waals surface area (Å²) in [6, 6.07) is 8.03. The lowest BCUT2D eigenvalue weighted by molar-refractivity contribution is -0.131. The van der Waals surface area contributed by atoms with Gasteiger partial charge in [0, 0.05) is 6.42 Å². The smallest absolute Gasteiger partial charge is 0.243 e. The molecule has 0 unspecified atom stereocenters. The Balaban J connectivity index is 2.58. The molecule has 0 aliphatic rings. The summed E-state index contributed by atoms with van der Waals surface area (Å²) in [7, 11) is 0.